The zero-order chi connectivity index (χ0) is 9.90. The first-order valence-electron chi connectivity index (χ1n) is 4.37. The number of hydrogen-bond acceptors (Lipinski definition) is 4. The molecule has 0 spiro atoms. The van der Waals surface area contributed by atoms with E-state index in [-0.39, 0.29) is 5.97 Å². The molecule has 0 unspecified atom stereocenters. The molecule has 0 radical (unpaired) electrons. The number of hydroxylamine groups is 1. The molecule has 1 rings (SSSR count). The lowest BCUT2D eigenvalue weighted by atomic mass is 10.2. The molecule has 1 aliphatic rings. The van der Waals surface area contributed by atoms with Crippen LogP contribution in [0.3, 0.4) is 0 Å². The minimum atomic E-state index is -0.873. The number of carbonyl (C=O) groups is 1. The molecule has 13 heavy (non-hydrogen) atoms. The van der Waals surface area contributed by atoms with Gasteiger partial charge in [0.1, 0.15) is 0 Å². The van der Waals surface area contributed by atoms with Crippen LogP contribution in [0.1, 0.15) is 32.6 Å². The second-order valence-electron chi connectivity index (χ2n) is 3.31. The molecule has 0 amide bonds. The zero-order valence-corrected chi connectivity index (χ0v) is 7.95. The van der Waals surface area contributed by atoms with Crippen molar-refractivity contribution < 1.29 is 14.4 Å². The normalized spacial score (nSPS) is 21.5. The second kappa shape index (κ2) is 3.72. The highest BCUT2D eigenvalue weighted by molar-refractivity contribution is 5.66. The lowest BCUT2D eigenvalue weighted by molar-refractivity contribution is -0.513. The molecule has 0 aromatic heterocycles. The number of hydrogen-bond donors (Lipinski definition) is 0. The number of esters is 1. The highest BCUT2D eigenvalue weighted by Gasteiger charge is 2.40. The highest BCUT2D eigenvalue weighted by Crippen LogP contribution is 2.34. The van der Waals surface area contributed by atoms with Gasteiger partial charge in [-0.1, -0.05) is 4.86 Å². The van der Waals surface area contributed by atoms with Crippen molar-refractivity contribution in [3.05, 3.63) is 5.21 Å². The van der Waals surface area contributed by atoms with E-state index >= 15 is 0 Å². The van der Waals surface area contributed by atoms with Gasteiger partial charge in [-0.25, -0.2) is 0 Å². The molecule has 0 aromatic rings. The Balaban J connectivity index is 2.75. The van der Waals surface area contributed by atoms with E-state index in [1.807, 2.05) is 0 Å². The maximum atomic E-state index is 10.8. The number of ether oxygens (including phenoxy) is 1. The Bertz CT molecular complexity index is 228. The Morgan fingerprint density at radius 2 is 2.08 bits per heavy atom. The van der Waals surface area contributed by atoms with Crippen LogP contribution < -0.4 is 0 Å². The van der Waals surface area contributed by atoms with Crippen LogP contribution in [0.15, 0.2) is 5.11 Å². The largest absolute Gasteiger partial charge is 0.600 e. The molecule has 0 saturated heterocycles. The van der Waals surface area contributed by atoms with Gasteiger partial charge in [0.05, 0.1) is 0 Å². The van der Waals surface area contributed by atoms with E-state index in [1.165, 1.54) is 14.0 Å². The third-order valence-electron chi connectivity index (χ3n) is 2.04. The predicted molar refractivity (Wildman–Crippen MR) is 44.9 cm³/mol. The summed E-state index contributed by atoms with van der Waals surface area (Å²) in [7, 11) is 1.30. The topological polar surface area (TPSA) is 64.7 Å². The van der Waals surface area contributed by atoms with Crippen molar-refractivity contribution >= 4 is 5.97 Å². The van der Waals surface area contributed by atoms with Crippen LogP contribution in [0.4, 0.5) is 0 Å². The number of rotatable bonds is 2. The summed E-state index contributed by atoms with van der Waals surface area (Å²) < 4.78 is 5.06. The van der Waals surface area contributed by atoms with Crippen LogP contribution in [-0.4, -0.2) is 23.6 Å². The Morgan fingerprint density at radius 1 is 1.54 bits per heavy atom. The van der Waals surface area contributed by atoms with E-state index in [0.29, 0.717) is 17.7 Å². The molecule has 0 N–H and O–H groups in total. The average molecular weight is 186 g/mol. The molecular formula is C8H14N2O3. The fraction of sp³-hybridized carbons (Fsp3) is 0.875. The van der Waals surface area contributed by atoms with Crippen molar-refractivity contribution in [3.8, 4) is 0 Å². The smallest absolute Gasteiger partial charge is 0.305 e. The quantitative estimate of drug-likeness (QED) is 0.283. The third-order valence-corrected chi connectivity index (χ3v) is 2.04. The van der Waals surface area contributed by atoms with Crippen LogP contribution in [0.25, 0.3) is 0 Å². The molecular weight excluding hydrogens is 172 g/mol. The maximum absolute atomic E-state index is 10.8. The van der Waals surface area contributed by atoms with Gasteiger partial charge in [-0.15, -0.1) is 0 Å². The van der Waals surface area contributed by atoms with Crippen molar-refractivity contribution in [1.82, 2.24) is 0 Å². The summed E-state index contributed by atoms with van der Waals surface area (Å²) >= 11 is 0. The van der Waals surface area contributed by atoms with Gasteiger partial charge in [0.2, 0.25) is 0 Å². The second-order valence-corrected chi connectivity index (χ2v) is 3.31. The van der Waals surface area contributed by atoms with Gasteiger partial charge in [0.25, 0.3) is 5.72 Å². The minimum absolute atomic E-state index is 0.382. The first-order chi connectivity index (χ1) is 6.04. The fourth-order valence-corrected chi connectivity index (χ4v) is 1.67. The molecule has 1 saturated carbocycles. The Hall–Kier alpha value is -1.13. The minimum Gasteiger partial charge on any atom is -0.600 e. The lowest BCUT2D eigenvalue weighted by Crippen LogP contribution is -2.30. The van der Waals surface area contributed by atoms with Crippen LogP contribution in [0.5, 0.6) is 0 Å². The maximum Gasteiger partial charge on any atom is 0.305 e. The van der Waals surface area contributed by atoms with E-state index in [9.17, 15) is 10.0 Å². The monoisotopic (exact) mass is 186 g/mol. The number of carbonyl (C=O) groups excluding carboxylic acids is 1. The summed E-state index contributed by atoms with van der Waals surface area (Å²) in [6.45, 7) is 1.33. The molecule has 0 bridgehead atoms. The average Bonchev–Trinajstić information content (AvgIpc) is 2.33. The van der Waals surface area contributed by atoms with Crippen molar-refractivity contribution in [3.63, 3.8) is 0 Å². The van der Waals surface area contributed by atoms with Gasteiger partial charge in [0, 0.05) is 24.9 Å². The van der Waals surface area contributed by atoms with E-state index in [1.54, 1.807) is 0 Å². The Morgan fingerprint density at radius 3 is 2.46 bits per heavy atom. The van der Waals surface area contributed by atoms with Crippen LogP contribution >= 0.6 is 0 Å². The van der Waals surface area contributed by atoms with Gasteiger partial charge in [0.15, 0.2) is 7.05 Å². The molecule has 0 aliphatic heterocycles. The van der Waals surface area contributed by atoms with Crippen molar-refractivity contribution in [2.45, 2.75) is 38.3 Å². The molecule has 5 nitrogen and oxygen atoms in total. The number of azo groups is 1. The highest BCUT2D eigenvalue weighted by atomic mass is 16.6. The molecule has 1 aliphatic carbocycles. The zero-order valence-electron chi connectivity index (χ0n) is 7.95. The summed E-state index contributed by atoms with van der Waals surface area (Å²) in [6, 6.07) is 0. The molecule has 5 heteroatoms. The molecule has 74 valence electrons. The van der Waals surface area contributed by atoms with Gasteiger partial charge in [-0.2, -0.15) is 0 Å². The fourth-order valence-electron chi connectivity index (χ4n) is 1.67. The van der Waals surface area contributed by atoms with Gasteiger partial charge in [-0.05, 0) is 12.8 Å². The van der Waals surface area contributed by atoms with Crippen LogP contribution in [0.2, 0.25) is 0 Å². The van der Waals surface area contributed by atoms with E-state index in [4.69, 9.17) is 4.74 Å². The lowest BCUT2D eigenvalue weighted by Gasteiger charge is -2.19. The predicted octanol–water partition coefficient (Wildman–Crippen LogP) is 1.41. The van der Waals surface area contributed by atoms with Gasteiger partial charge >= 0.3 is 5.97 Å². The summed E-state index contributed by atoms with van der Waals surface area (Å²) in [5.41, 5.74) is -0.873. The van der Waals surface area contributed by atoms with E-state index in [0.717, 1.165) is 12.8 Å². The van der Waals surface area contributed by atoms with Gasteiger partial charge < -0.3 is 9.94 Å². The number of nitrogens with zero attached hydrogens (tertiary/aromatic N) is 2. The summed E-state index contributed by atoms with van der Waals surface area (Å²) in [5.74, 6) is -0.382. The Kier molecular flexibility index (Phi) is 2.85. The van der Waals surface area contributed by atoms with Crippen molar-refractivity contribution in [1.29, 1.82) is 0 Å². The molecule has 1 fully saturated rings. The van der Waals surface area contributed by atoms with Crippen LogP contribution in [-0.2, 0) is 9.53 Å². The molecule has 0 atom stereocenters. The summed E-state index contributed by atoms with van der Waals surface area (Å²) in [5, 5.41) is 14.5. The molecule has 0 aromatic carbocycles. The summed E-state index contributed by atoms with van der Waals surface area (Å²) in [6.07, 6.45) is 3.20. The first-order valence-corrected chi connectivity index (χ1v) is 4.37. The SMILES string of the molecule is CC(=O)OC1(/N=[N+](/C)[O-])CCCC1. The summed E-state index contributed by atoms with van der Waals surface area (Å²) in [4.78, 5) is 11.3. The standard InChI is InChI=1S/C8H14N2O3/c1-7(11)13-8(9-10(2)12)5-3-4-6-8/h3-6H2,1-2H3/b10-9-. The van der Waals surface area contributed by atoms with Crippen molar-refractivity contribution in [2.24, 2.45) is 5.11 Å². The first kappa shape index (κ1) is 9.95. The van der Waals surface area contributed by atoms with E-state index < -0.39 is 5.72 Å². The molecule has 0 heterocycles. The van der Waals surface area contributed by atoms with Crippen molar-refractivity contribution in [2.75, 3.05) is 7.05 Å². The third kappa shape index (κ3) is 2.68. The van der Waals surface area contributed by atoms with Gasteiger partial charge in [-0.3, -0.25) is 4.79 Å². The Labute approximate surface area is 77.0 Å². The van der Waals surface area contributed by atoms with Crippen LogP contribution in [0, 0.1) is 5.21 Å². The van der Waals surface area contributed by atoms with E-state index in [2.05, 4.69) is 5.11 Å².